The molecule has 0 atom stereocenters. The Balaban J connectivity index is 2.18. The number of methoxy groups -OCH3 is 1. The molecule has 11 heteroatoms. The molecule has 0 saturated carbocycles. The third kappa shape index (κ3) is 4.78. The maximum atomic E-state index is 12.8. The van der Waals surface area contributed by atoms with Gasteiger partial charge in [-0.2, -0.15) is 22.7 Å². The van der Waals surface area contributed by atoms with E-state index in [2.05, 4.69) is 20.4 Å². The summed E-state index contributed by atoms with van der Waals surface area (Å²) in [5, 5.41) is 6.18. The molecule has 0 fully saturated rings. The van der Waals surface area contributed by atoms with Crippen molar-refractivity contribution in [2.45, 2.75) is 19.5 Å². The average Bonchev–Trinajstić information content (AvgIpc) is 2.94. The van der Waals surface area contributed by atoms with Crippen LogP contribution in [0.25, 0.3) is 5.78 Å². The fourth-order valence-electron chi connectivity index (χ4n) is 2.16. The first kappa shape index (κ1) is 18.9. The Morgan fingerprint density at radius 2 is 2.12 bits per heavy atom. The molecule has 0 bridgehead atoms. The van der Waals surface area contributed by atoms with Crippen LogP contribution in [-0.2, 0) is 15.7 Å². The number of alkyl halides is 3. The van der Waals surface area contributed by atoms with E-state index in [9.17, 15) is 18.0 Å². The lowest BCUT2D eigenvalue weighted by molar-refractivity contribution is -0.144. The zero-order chi connectivity index (χ0) is 18.6. The number of nitrogens with one attached hydrogen (secondary N) is 1. The largest absolute Gasteiger partial charge is 0.453 e. The summed E-state index contributed by atoms with van der Waals surface area (Å²) in [5.41, 5.74) is 0.468. The maximum absolute atomic E-state index is 12.8. The Bertz CT molecular complexity index is 746. The molecule has 1 amide bonds. The van der Waals surface area contributed by atoms with Crippen molar-refractivity contribution in [1.82, 2.24) is 24.9 Å². The average molecular weight is 360 g/mol. The van der Waals surface area contributed by atoms with Crippen LogP contribution in [0.1, 0.15) is 17.9 Å². The number of anilines is 1. The van der Waals surface area contributed by atoms with Crippen molar-refractivity contribution in [3.63, 3.8) is 0 Å². The molecule has 0 spiro atoms. The number of rotatable bonds is 7. The molecule has 2 rings (SSSR count). The Morgan fingerprint density at radius 1 is 1.40 bits per heavy atom. The van der Waals surface area contributed by atoms with Gasteiger partial charge >= 0.3 is 6.18 Å². The molecule has 0 unspecified atom stereocenters. The van der Waals surface area contributed by atoms with Crippen molar-refractivity contribution in [3.05, 3.63) is 17.6 Å². The summed E-state index contributed by atoms with van der Waals surface area (Å²) >= 11 is 0. The molecular formula is C14H19F3N6O2. The van der Waals surface area contributed by atoms with Gasteiger partial charge in [0, 0.05) is 39.1 Å². The van der Waals surface area contributed by atoms with Gasteiger partial charge in [0.1, 0.15) is 5.82 Å². The predicted octanol–water partition coefficient (Wildman–Crippen LogP) is 1.04. The van der Waals surface area contributed by atoms with Gasteiger partial charge in [0.05, 0.1) is 6.54 Å². The Morgan fingerprint density at radius 3 is 2.76 bits per heavy atom. The maximum Gasteiger partial charge on any atom is 0.453 e. The van der Waals surface area contributed by atoms with Gasteiger partial charge in [0.25, 0.3) is 11.6 Å². The number of hydrogen-bond donors (Lipinski definition) is 1. The first-order valence-corrected chi connectivity index (χ1v) is 7.50. The number of carbonyl (C=O) groups is 1. The van der Waals surface area contributed by atoms with E-state index in [1.54, 1.807) is 27.1 Å². The highest BCUT2D eigenvalue weighted by atomic mass is 19.4. The highest BCUT2D eigenvalue weighted by Crippen LogP contribution is 2.27. The minimum Gasteiger partial charge on any atom is -0.385 e. The van der Waals surface area contributed by atoms with E-state index >= 15 is 0 Å². The molecule has 1 N–H and O–H groups in total. The number of likely N-dealkylation sites (N-methyl/N-ethyl adjacent to an activating group) is 1. The highest BCUT2D eigenvalue weighted by molar-refractivity contribution is 5.81. The zero-order valence-electron chi connectivity index (χ0n) is 14.1. The van der Waals surface area contributed by atoms with E-state index in [0.29, 0.717) is 25.3 Å². The SMILES string of the molecule is COCCCNC(=O)CN(C)c1cc(C)nc2nc(C(F)(F)F)nn12. The van der Waals surface area contributed by atoms with E-state index in [1.807, 2.05) is 0 Å². The zero-order valence-corrected chi connectivity index (χ0v) is 14.1. The fourth-order valence-corrected chi connectivity index (χ4v) is 2.16. The third-order valence-corrected chi connectivity index (χ3v) is 3.29. The number of aryl methyl sites for hydroxylation is 1. The van der Waals surface area contributed by atoms with Crippen molar-refractivity contribution in [1.29, 1.82) is 0 Å². The smallest absolute Gasteiger partial charge is 0.385 e. The van der Waals surface area contributed by atoms with Crippen LogP contribution in [0.2, 0.25) is 0 Å². The molecule has 25 heavy (non-hydrogen) atoms. The molecule has 138 valence electrons. The van der Waals surface area contributed by atoms with Crippen molar-refractivity contribution >= 4 is 17.5 Å². The molecule has 0 radical (unpaired) electrons. The second-order valence-corrected chi connectivity index (χ2v) is 5.45. The fraction of sp³-hybridized carbons (Fsp3) is 0.571. The Hall–Kier alpha value is -2.43. The summed E-state index contributed by atoms with van der Waals surface area (Å²) in [6.07, 6.45) is -4.00. The first-order chi connectivity index (χ1) is 11.7. The molecule has 0 aliphatic heterocycles. The summed E-state index contributed by atoms with van der Waals surface area (Å²) in [6, 6.07) is 1.54. The van der Waals surface area contributed by atoms with E-state index in [1.165, 1.54) is 4.90 Å². The number of halogens is 3. The second-order valence-electron chi connectivity index (χ2n) is 5.45. The van der Waals surface area contributed by atoms with Crippen LogP contribution in [0.4, 0.5) is 19.0 Å². The van der Waals surface area contributed by atoms with Gasteiger partial charge in [-0.3, -0.25) is 4.79 Å². The Labute approximate surface area is 142 Å². The monoisotopic (exact) mass is 360 g/mol. The van der Waals surface area contributed by atoms with Gasteiger partial charge in [-0.05, 0) is 13.3 Å². The molecule has 2 aromatic heterocycles. The third-order valence-electron chi connectivity index (χ3n) is 3.29. The van der Waals surface area contributed by atoms with Crippen molar-refractivity contribution in [3.8, 4) is 0 Å². The molecule has 8 nitrogen and oxygen atoms in total. The summed E-state index contributed by atoms with van der Waals surface area (Å²) < 4.78 is 44.3. The summed E-state index contributed by atoms with van der Waals surface area (Å²) in [5.74, 6) is -1.42. The summed E-state index contributed by atoms with van der Waals surface area (Å²) in [7, 11) is 3.15. The standard InChI is InChI=1S/C14H19F3N6O2/c1-9-7-11(22(2)8-10(24)18-5-4-6-25-3)23-13(19-9)20-12(21-23)14(15,16)17/h7H,4-6,8H2,1-3H3,(H,18,24). The molecule has 0 aliphatic carbocycles. The minimum atomic E-state index is -4.67. The molecular weight excluding hydrogens is 341 g/mol. The van der Waals surface area contributed by atoms with Crippen molar-refractivity contribution in [2.24, 2.45) is 0 Å². The van der Waals surface area contributed by atoms with Crippen LogP contribution in [-0.4, -0.2) is 59.3 Å². The van der Waals surface area contributed by atoms with E-state index in [0.717, 1.165) is 4.52 Å². The van der Waals surface area contributed by atoms with Crippen LogP contribution in [0.5, 0.6) is 0 Å². The molecule has 0 aromatic carbocycles. The number of hydrogen-bond acceptors (Lipinski definition) is 6. The van der Waals surface area contributed by atoms with Gasteiger partial charge in [-0.25, -0.2) is 4.98 Å². The minimum absolute atomic E-state index is 0.0489. The second kappa shape index (κ2) is 7.64. The molecule has 0 aliphatic rings. The number of ether oxygens (including phenoxy) is 1. The van der Waals surface area contributed by atoms with Gasteiger partial charge < -0.3 is 15.0 Å². The molecule has 0 saturated heterocycles. The number of amides is 1. The quantitative estimate of drug-likeness (QED) is 0.743. The van der Waals surface area contributed by atoms with Crippen molar-refractivity contribution < 1.29 is 22.7 Å². The predicted molar refractivity (Wildman–Crippen MR) is 83.3 cm³/mol. The van der Waals surface area contributed by atoms with Crippen molar-refractivity contribution in [2.75, 3.05) is 38.8 Å². The lowest BCUT2D eigenvalue weighted by Crippen LogP contribution is -2.36. The van der Waals surface area contributed by atoms with Crippen LogP contribution in [0.15, 0.2) is 6.07 Å². The number of aromatic nitrogens is 4. The van der Waals surface area contributed by atoms with Crippen LogP contribution in [0, 0.1) is 6.92 Å². The number of nitrogens with zero attached hydrogens (tertiary/aromatic N) is 5. The number of fused-ring (bicyclic) bond motifs is 1. The van der Waals surface area contributed by atoms with Gasteiger partial charge in [-0.1, -0.05) is 0 Å². The van der Waals surface area contributed by atoms with E-state index in [-0.39, 0.29) is 24.0 Å². The van der Waals surface area contributed by atoms with Crippen LogP contribution >= 0.6 is 0 Å². The van der Waals surface area contributed by atoms with Gasteiger partial charge in [-0.15, -0.1) is 5.10 Å². The topological polar surface area (TPSA) is 84.6 Å². The lowest BCUT2D eigenvalue weighted by atomic mass is 10.4. The normalized spacial score (nSPS) is 11.8. The summed E-state index contributed by atoms with van der Waals surface area (Å²) in [4.78, 5) is 20.8. The highest BCUT2D eigenvalue weighted by Gasteiger charge is 2.37. The first-order valence-electron chi connectivity index (χ1n) is 7.50. The van der Waals surface area contributed by atoms with Crippen LogP contribution < -0.4 is 10.2 Å². The number of carbonyl (C=O) groups excluding carboxylic acids is 1. The van der Waals surface area contributed by atoms with E-state index < -0.39 is 12.0 Å². The van der Waals surface area contributed by atoms with Gasteiger partial charge in [0.15, 0.2) is 0 Å². The molecule has 2 aromatic rings. The molecule has 2 heterocycles. The lowest BCUT2D eigenvalue weighted by Gasteiger charge is -2.19. The van der Waals surface area contributed by atoms with E-state index in [4.69, 9.17) is 4.74 Å². The Kier molecular flexibility index (Phi) is 5.77. The van der Waals surface area contributed by atoms with Crippen LogP contribution in [0.3, 0.4) is 0 Å². The summed E-state index contributed by atoms with van der Waals surface area (Å²) in [6.45, 7) is 2.56. The van der Waals surface area contributed by atoms with Gasteiger partial charge in [0.2, 0.25) is 5.91 Å².